The SMILES string of the molecule is N#CC(N)CN1CCC(Cc2ccccc2)CC1. The fraction of sp³-hybridized carbons (Fsp3) is 0.533. The van der Waals surface area contributed by atoms with Crippen LogP contribution in [0.5, 0.6) is 0 Å². The standard InChI is InChI=1S/C15H21N3/c16-11-15(17)12-18-8-6-14(7-9-18)10-13-4-2-1-3-5-13/h1-5,14-15H,6-10,12,17H2. The zero-order valence-electron chi connectivity index (χ0n) is 10.8. The lowest BCUT2D eigenvalue weighted by atomic mass is 9.90. The van der Waals surface area contributed by atoms with E-state index in [2.05, 4.69) is 41.3 Å². The molecule has 1 fully saturated rings. The highest BCUT2D eigenvalue weighted by atomic mass is 15.1. The van der Waals surface area contributed by atoms with Gasteiger partial charge in [-0.25, -0.2) is 0 Å². The minimum absolute atomic E-state index is 0.337. The monoisotopic (exact) mass is 243 g/mol. The van der Waals surface area contributed by atoms with Gasteiger partial charge in [-0.15, -0.1) is 0 Å². The van der Waals surface area contributed by atoms with Crippen LogP contribution in [0.25, 0.3) is 0 Å². The molecular weight excluding hydrogens is 222 g/mol. The molecule has 0 aromatic heterocycles. The van der Waals surface area contributed by atoms with Crippen molar-refractivity contribution in [1.29, 1.82) is 5.26 Å². The molecule has 1 atom stereocenters. The van der Waals surface area contributed by atoms with Gasteiger partial charge in [0.2, 0.25) is 0 Å². The summed E-state index contributed by atoms with van der Waals surface area (Å²) >= 11 is 0. The average molecular weight is 243 g/mol. The van der Waals surface area contributed by atoms with E-state index in [1.54, 1.807) is 0 Å². The van der Waals surface area contributed by atoms with Gasteiger partial charge in [0.15, 0.2) is 0 Å². The summed E-state index contributed by atoms with van der Waals surface area (Å²) in [5, 5.41) is 8.71. The Kier molecular flexibility index (Phi) is 4.74. The molecular formula is C15H21N3. The van der Waals surface area contributed by atoms with Crippen LogP contribution in [-0.4, -0.2) is 30.6 Å². The molecule has 3 heteroatoms. The number of nitrogens with two attached hydrogens (primary N) is 1. The zero-order valence-corrected chi connectivity index (χ0v) is 10.8. The van der Waals surface area contributed by atoms with Gasteiger partial charge in [0.05, 0.1) is 6.07 Å². The summed E-state index contributed by atoms with van der Waals surface area (Å²) in [4.78, 5) is 2.31. The first-order valence-corrected chi connectivity index (χ1v) is 6.69. The van der Waals surface area contributed by atoms with E-state index in [-0.39, 0.29) is 6.04 Å². The van der Waals surface area contributed by atoms with Crippen LogP contribution in [-0.2, 0) is 6.42 Å². The van der Waals surface area contributed by atoms with Crippen LogP contribution in [0.4, 0.5) is 0 Å². The van der Waals surface area contributed by atoms with Crippen LogP contribution in [0.3, 0.4) is 0 Å². The van der Waals surface area contributed by atoms with Gasteiger partial charge in [0.25, 0.3) is 0 Å². The van der Waals surface area contributed by atoms with Gasteiger partial charge in [-0.3, -0.25) is 0 Å². The molecule has 1 heterocycles. The summed E-state index contributed by atoms with van der Waals surface area (Å²) in [6, 6.07) is 12.5. The topological polar surface area (TPSA) is 53.1 Å². The van der Waals surface area contributed by atoms with E-state index >= 15 is 0 Å². The van der Waals surface area contributed by atoms with Gasteiger partial charge in [-0.1, -0.05) is 30.3 Å². The van der Waals surface area contributed by atoms with Crippen molar-refractivity contribution >= 4 is 0 Å². The van der Waals surface area contributed by atoms with Crippen molar-refractivity contribution in [2.75, 3.05) is 19.6 Å². The number of benzene rings is 1. The Morgan fingerprint density at radius 3 is 2.56 bits per heavy atom. The Hall–Kier alpha value is -1.37. The number of piperidine rings is 1. The maximum atomic E-state index is 8.71. The van der Waals surface area contributed by atoms with Crippen molar-refractivity contribution in [3.63, 3.8) is 0 Å². The van der Waals surface area contributed by atoms with Gasteiger partial charge in [0, 0.05) is 6.54 Å². The van der Waals surface area contributed by atoms with Crippen LogP contribution in [0.1, 0.15) is 18.4 Å². The van der Waals surface area contributed by atoms with Gasteiger partial charge < -0.3 is 10.6 Å². The minimum atomic E-state index is -0.337. The second-order valence-electron chi connectivity index (χ2n) is 5.17. The molecule has 18 heavy (non-hydrogen) atoms. The van der Waals surface area contributed by atoms with E-state index in [0.29, 0.717) is 6.54 Å². The number of hydrogen-bond donors (Lipinski definition) is 1. The predicted molar refractivity (Wildman–Crippen MR) is 72.9 cm³/mol. The van der Waals surface area contributed by atoms with E-state index in [9.17, 15) is 0 Å². The first-order chi connectivity index (χ1) is 8.78. The lowest BCUT2D eigenvalue weighted by molar-refractivity contribution is 0.181. The second-order valence-corrected chi connectivity index (χ2v) is 5.17. The van der Waals surface area contributed by atoms with E-state index in [4.69, 9.17) is 11.0 Å². The molecule has 0 radical (unpaired) electrons. The molecule has 0 amide bonds. The van der Waals surface area contributed by atoms with Crippen LogP contribution in [0, 0.1) is 17.2 Å². The van der Waals surface area contributed by atoms with Gasteiger partial charge in [-0.2, -0.15) is 5.26 Å². The maximum absolute atomic E-state index is 8.71. The summed E-state index contributed by atoms with van der Waals surface area (Å²) in [5.74, 6) is 0.780. The Labute approximate surface area is 109 Å². The van der Waals surface area contributed by atoms with Gasteiger partial charge >= 0.3 is 0 Å². The maximum Gasteiger partial charge on any atom is 0.106 e. The molecule has 1 unspecified atom stereocenters. The highest BCUT2D eigenvalue weighted by molar-refractivity contribution is 5.15. The van der Waals surface area contributed by atoms with Crippen LogP contribution >= 0.6 is 0 Å². The van der Waals surface area contributed by atoms with Crippen LogP contribution in [0.2, 0.25) is 0 Å². The quantitative estimate of drug-likeness (QED) is 0.877. The Balaban J connectivity index is 1.75. The molecule has 0 spiro atoms. The number of hydrogen-bond acceptors (Lipinski definition) is 3. The highest BCUT2D eigenvalue weighted by Gasteiger charge is 2.20. The Morgan fingerprint density at radius 1 is 1.28 bits per heavy atom. The second kappa shape index (κ2) is 6.53. The highest BCUT2D eigenvalue weighted by Crippen LogP contribution is 2.21. The largest absolute Gasteiger partial charge is 0.315 e. The smallest absolute Gasteiger partial charge is 0.106 e. The molecule has 96 valence electrons. The minimum Gasteiger partial charge on any atom is -0.315 e. The van der Waals surface area contributed by atoms with Crippen molar-refractivity contribution in [2.45, 2.75) is 25.3 Å². The summed E-state index contributed by atoms with van der Waals surface area (Å²) in [5.41, 5.74) is 7.09. The number of nitrogens with zero attached hydrogens (tertiary/aromatic N) is 2. The molecule has 1 aromatic carbocycles. The summed E-state index contributed by atoms with van der Waals surface area (Å²) in [6.07, 6.45) is 3.61. The molecule has 1 aliphatic heterocycles. The summed E-state index contributed by atoms with van der Waals surface area (Å²) < 4.78 is 0. The lowest BCUT2D eigenvalue weighted by Gasteiger charge is -2.32. The molecule has 3 nitrogen and oxygen atoms in total. The number of nitriles is 1. The number of rotatable bonds is 4. The van der Waals surface area contributed by atoms with Crippen molar-refractivity contribution in [3.8, 4) is 6.07 Å². The normalized spacial score (nSPS) is 19.3. The fourth-order valence-electron chi connectivity index (χ4n) is 2.64. The third-order valence-electron chi connectivity index (χ3n) is 3.70. The van der Waals surface area contributed by atoms with Crippen LogP contribution in [0.15, 0.2) is 30.3 Å². The van der Waals surface area contributed by atoms with Crippen molar-refractivity contribution < 1.29 is 0 Å². The van der Waals surface area contributed by atoms with Crippen LogP contribution < -0.4 is 5.73 Å². The van der Waals surface area contributed by atoms with E-state index in [0.717, 1.165) is 19.0 Å². The molecule has 1 aromatic rings. The first-order valence-electron chi connectivity index (χ1n) is 6.69. The van der Waals surface area contributed by atoms with E-state index in [1.165, 1.54) is 24.8 Å². The van der Waals surface area contributed by atoms with Gasteiger partial charge in [-0.05, 0) is 43.8 Å². The number of likely N-dealkylation sites (tertiary alicyclic amines) is 1. The zero-order chi connectivity index (χ0) is 12.8. The molecule has 1 saturated heterocycles. The Morgan fingerprint density at radius 2 is 1.94 bits per heavy atom. The fourth-order valence-corrected chi connectivity index (χ4v) is 2.64. The van der Waals surface area contributed by atoms with Gasteiger partial charge in [0.1, 0.15) is 6.04 Å². The van der Waals surface area contributed by atoms with E-state index < -0.39 is 0 Å². The van der Waals surface area contributed by atoms with Crippen molar-refractivity contribution in [2.24, 2.45) is 11.7 Å². The Bertz CT molecular complexity index is 388. The molecule has 0 saturated carbocycles. The molecule has 2 rings (SSSR count). The summed E-state index contributed by atoms with van der Waals surface area (Å²) in [6.45, 7) is 2.87. The molecule has 0 aliphatic carbocycles. The average Bonchev–Trinajstić information content (AvgIpc) is 2.42. The van der Waals surface area contributed by atoms with Crippen molar-refractivity contribution in [1.82, 2.24) is 4.90 Å². The van der Waals surface area contributed by atoms with Crippen molar-refractivity contribution in [3.05, 3.63) is 35.9 Å². The third-order valence-corrected chi connectivity index (χ3v) is 3.70. The van der Waals surface area contributed by atoms with E-state index in [1.807, 2.05) is 0 Å². The molecule has 1 aliphatic rings. The lowest BCUT2D eigenvalue weighted by Crippen LogP contribution is -2.41. The molecule has 2 N–H and O–H groups in total. The first kappa shape index (κ1) is 13.1. The third kappa shape index (κ3) is 3.83. The molecule has 0 bridgehead atoms. The predicted octanol–water partition coefficient (Wildman–Crippen LogP) is 1.79. The summed E-state index contributed by atoms with van der Waals surface area (Å²) in [7, 11) is 0.